The Labute approximate surface area is 132 Å². The molecule has 0 radical (unpaired) electrons. The maximum absolute atomic E-state index is 11.8. The average Bonchev–Trinajstić information content (AvgIpc) is 2.54. The summed E-state index contributed by atoms with van der Waals surface area (Å²) >= 11 is 0. The van der Waals surface area contributed by atoms with Gasteiger partial charge in [0.15, 0.2) is 0 Å². The van der Waals surface area contributed by atoms with Crippen LogP contribution < -0.4 is 5.32 Å². The second kappa shape index (κ2) is 8.86. The molecule has 1 fully saturated rings. The van der Waals surface area contributed by atoms with Crippen molar-refractivity contribution in [1.82, 2.24) is 15.2 Å². The second-order valence-electron chi connectivity index (χ2n) is 6.26. The largest absolute Gasteiger partial charge is 0.390 e. The first kappa shape index (κ1) is 16.9. The van der Waals surface area contributed by atoms with Gasteiger partial charge in [-0.2, -0.15) is 0 Å². The van der Waals surface area contributed by atoms with E-state index in [9.17, 15) is 9.90 Å². The van der Waals surface area contributed by atoms with Gasteiger partial charge in [-0.1, -0.05) is 13.0 Å². The first-order valence-corrected chi connectivity index (χ1v) is 8.20. The number of nitrogens with zero attached hydrogens (tertiary/aromatic N) is 2. The molecule has 5 nitrogen and oxygen atoms in total. The minimum atomic E-state index is -0.493. The maximum atomic E-state index is 11.8. The van der Waals surface area contributed by atoms with Crippen LogP contribution in [-0.4, -0.2) is 53.2 Å². The first-order valence-electron chi connectivity index (χ1n) is 8.20. The highest BCUT2D eigenvalue weighted by Crippen LogP contribution is 2.15. The highest BCUT2D eigenvalue weighted by atomic mass is 16.3. The molecule has 1 aliphatic heterocycles. The number of aromatic nitrogens is 1. The van der Waals surface area contributed by atoms with Crippen LogP contribution in [0.3, 0.4) is 0 Å². The van der Waals surface area contributed by atoms with Gasteiger partial charge in [0.25, 0.3) is 0 Å². The summed E-state index contributed by atoms with van der Waals surface area (Å²) < 4.78 is 0. The lowest BCUT2D eigenvalue weighted by Crippen LogP contribution is -2.43. The minimum Gasteiger partial charge on any atom is -0.390 e. The number of aliphatic hydroxyl groups excluding tert-OH is 1. The Hall–Kier alpha value is -1.46. The zero-order chi connectivity index (χ0) is 15.8. The molecule has 22 heavy (non-hydrogen) atoms. The van der Waals surface area contributed by atoms with Gasteiger partial charge in [-0.05, 0) is 50.4 Å². The van der Waals surface area contributed by atoms with Crippen molar-refractivity contribution in [2.24, 2.45) is 5.92 Å². The van der Waals surface area contributed by atoms with E-state index >= 15 is 0 Å². The summed E-state index contributed by atoms with van der Waals surface area (Å²) in [4.78, 5) is 18.3. The van der Waals surface area contributed by atoms with Crippen molar-refractivity contribution in [1.29, 1.82) is 0 Å². The molecule has 1 atom stereocenters. The Morgan fingerprint density at radius 2 is 2.23 bits per heavy atom. The fraction of sp³-hybridized carbons (Fsp3) is 0.647. The van der Waals surface area contributed by atoms with Gasteiger partial charge >= 0.3 is 0 Å². The number of amides is 1. The molecular formula is C17H27N3O2. The van der Waals surface area contributed by atoms with E-state index in [1.54, 1.807) is 6.20 Å². The van der Waals surface area contributed by atoms with Crippen LogP contribution in [0.1, 0.15) is 31.9 Å². The zero-order valence-corrected chi connectivity index (χ0v) is 13.4. The molecule has 2 rings (SSSR count). The molecule has 0 saturated carbocycles. The number of piperidine rings is 1. The summed E-state index contributed by atoms with van der Waals surface area (Å²) in [5.74, 6) is 0.761. The van der Waals surface area contributed by atoms with Crippen LogP contribution in [0.2, 0.25) is 0 Å². The van der Waals surface area contributed by atoms with Crippen LogP contribution >= 0.6 is 0 Å². The third-order valence-corrected chi connectivity index (χ3v) is 4.21. The summed E-state index contributed by atoms with van der Waals surface area (Å²) in [7, 11) is 0. The Balaban J connectivity index is 1.59. The average molecular weight is 305 g/mol. The molecule has 1 aliphatic rings. The number of nitrogens with one attached hydrogen (secondary N) is 1. The van der Waals surface area contributed by atoms with Gasteiger partial charge in [0.2, 0.25) is 5.91 Å². The molecule has 2 N–H and O–H groups in total. The summed E-state index contributed by atoms with van der Waals surface area (Å²) in [6.07, 6.45) is 4.67. The molecule has 1 saturated heterocycles. The second-order valence-corrected chi connectivity index (χ2v) is 6.26. The molecule has 0 bridgehead atoms. The summed E-state index contributed by atoms with van der Waals surface area (Å²) in [5, 5.41) is 12.8. The first-order chi connectivity index (χ1) is 10.6. The Bertz CT molecular complexity index is 444. The Morgan fingerprint density at radius 3 is 2.91 bits per heavy atom. The lowest BCUT2D eigenvalue weighted by molar-refractivity contribution is -0.121. The van der Waals surface area contributed by atoms with E-state index in [2.05, 4.69) is 22.1 Å². The molecule has 1 amide bonds. The van der Waals surface area contributed by atoms with Crippen molar-refractivity contribution in [3.8, 4) is 0 Å². The summed E-state index contributed by atoms with van der Waals surface area (Å²) in [6, 6.07) is 5.70. The smallest absolute Gasteiger partial charge is 0.220 e. The SMILES string of the molecule is CC1CCN(CC(O)CNC(=O)CCc2ccccn2)CC1. The van der Waals surface area contributed by atoms with E-state index in [1.165, 1.54) is 12.8 Å². The molecule has 1 aromatic rings. The van der Waals surface area contributed by atoms with Crippen LogP contribution in [0.5, 0.6) is 0 Å². The van der Waals surface area contributed by atoms with Crippen molar-refractivity contribution in [3.05, 3.63) is 30.1 Å². The molecule has 2 heterocycles. The molecule has 5 heteroatoms. The standard InChI is InChI=1S/C17H27N3O2/c1-14-7-10-20(11-8-14)13-16(21)12-19-17(22)6-5-15-4-2-3-9-18-15/h2-4,9,14,16,21H,5-8,10-13H2,1H3,(H,19,22). The number of hydrogen-bond acceptors (Lipinski definition) is 4. The van der Waals surface area contributed by atoms with Gasteiger partial charge in [0, 0.05) is 31.4 Å². The van der Waals surface area contributed by atoms with Crippen molar-refractivity contribution in [2.45, 2.75) is 38.7 Å². The summed E-state index contributed by atoms with van der Waals surface area (Å²) in [5.41, 5.74) is 0.917. The highest BCUT2D eigenvalue weighted by molar-refractivity contribution is 5.76. The summed E-state index contributed by atoms with van der Waals surface area (Å²) in [6.45, 7) is 5.34. The lowest BCUT2D eigenvalue weighted by Gasteiger charge is -2.31. The van der Waals surface area contributed by atoms with E-state index in [0.717, 1.165) is 24.7 Å². The van der Waals surface area contributed by atoms with Gasteiger partial charge in [0.05, 0.1) is 6.10 Å². The van der Waals surface area contributed by atoms with Crippen molar-refractivity contribution >= 4 is 5.91 Å². The third kappa shape index (κ3) is 6.12. The van der Waals surface area contributed by atoms with E-state index in [1.807, 2.05) is 18.2 Å². The number of aliphatic hydroxyl groups is 1. The number of carbonyl (C=O) groups excluding carboxylic acids is 1. The Morgan fingerprint density at radius 1 is 1.45 bits per heavy atom. The Kier molecular flexibility index (Phi) is 6.80. The number of hydrogen-bond donors (Lipinski definition) is 2. The topological polar surface area (TPSA) is 65.5 Å². The zero-order valence-electron chi connectivity index (χ0n) is 13.4. The maximum Gasteiger partial charge on any atom is 0.220 e. The van der Waals surface area contributed by atoms with E-state index in [4.69, 9.17) is 0 Å². The number of likely N-dealkylation sites (tertiary alicyclic amines) is 1. The van der Waals surface area contributed by atoms with Gasteiger partial charge < -0.3 is 15.3 Å². The predicted molar refractivity (Wildman–Crippen MR) is 86.4 cm³/mol. The van der Waals surface area contributed by atoms with Crippen LogP contribution in [0.4, 0.5) is 0 Å². The van der Waals surface area contributed by atoms with Crippen molar-refractivity contribution in [2.75, 3.05) is 26.2 Å². The quantitative estimate of drug-likeness (QED) is 0.795. The normalized spacial score (nSPS) is 18.1. The van der Waals surface area contributed by atoms with Crippen LogP contribution in [0, 0.1) is 5.92 Å². The number of pyridine rings is 1. The predicted octanol–water partition coefficient (Wildman–Crippen LogP) is 1.22. The fourth-order valence-corrected chi connectivity index (χ4v) is 2.71. The molecule has 1 unspecified atom stereocenters. The van der Waals surface area contributed by atoms with Crippen LogP contribution in [0.15, 0.2) is 24.4 Å². The third-order valence-electron chi connectivity index (χ3n) is 4.21. The van der Waals surface area contributed by atoms with Gasteiger partial charge in [-0.3, -0.25) is 9.78 Å². The van der Waals surface area contributed by atoms with E-state index in [0.29, 0.717) is 25.9 Å². The molecule has 122 valence electrons. The molecule has 0 aromatic carbocycles. The van der Waals surface area contributed by atoms with Crippen molar-refractivity contribution in [3.63, 3.8) is 0 Å². The monoisotopic (exact) mass is 305 g/mol. The molecule has 1 aromatic heterocycles. The van der Waals surface area contributed by atoms with Gasteiger partial charge in [0.1, 0.15) is 0 Å². The number of rotatable bonds is 7. The molecule has 0 aliphatic carbocycles. The van der Waals surface area contributed by atoms with Gasteiger partial charge in [-0.25, -0.2) is 0 Å². The molecular weight excluding hydrogens is 278 g/mol. The number of β-amino-alcohol motifs (C(OH)–C–C–N with tert-alkyl or cyclic N) is 1. The minimum absolute atomic E-state index is 0.0306. The van der Waals surface area contributed by atoms with Crippen molar-refractivity contribution < 1.29 is 9.90 Å². The highest BCUT2D eigenvalue weighted by Gasteiger charge is 2.18. The van der Waals surface area contributed by atoms with E-state index in [-0.39, 0.29) is 5.91 Å². The molecule has 0 spiro atoms. The van der Waals surface area contributed by atoms with Crippen LogP contribution in [-0.2, 0) is 11.2 Å². The van der Waals surface area contributed by atoms with E-state index < -0.39 is 6.10 Å². The fourth-order valence-electron chi connectivity index (χ4n) is 2.71. The lowest BCUT2D eigenvalue weighted by atomic mass is 9.99. The van der Waals surface area contributed by atoms with Crippen LogP contribution in [0.25, 0.3) is 0 Å². The number of aryl methyl sites for hydroxylation is 1. The van der Waals surface area contributed by atoms with Gasteiger partial charge in [-0.15, -0.1) is 0 Å². The number of carbonyl (C=O) groups is 1.